The molecule has 7 nitrogen and oxygen atoms in total. The van der Waals surface area contributed by atoms with Crippen LogP contribution in [0.4, 0.5) is 10.5 Å². The van der Waals surface area contributed by atoms with E-state index in [2.05, 4.69) is 20.7 Å². The first-order chi connectivity index (χ1) is 13.8. The van der Waals surface area contributed by atoms with Gasteiger partial charge >= 0.3 is 6.03 Å². The van der Waals surface area contributed by atoms with E-state index in [1.807, 2.05) is 47.4 Å². The van der Waals surface area contributed by atoms with Crippen LogP contribution in [0.2, 0.25) is 0 Å². The number of hydrogen-bond acceptors (Lipinski definition) is 4. The molecular weight excluding hydrogens is 354 g/mol. The summed E-state index contributed by atoms with van der Waals surface area (Å²) in [6, 6.07) is 9.43. The number of hydrogen-bond donors (Lipinski definition) is 2. The number of rotatable bonds is 5. The predicted octanol–water partition coefficient (Wildman–Crippen LogP) is 3.49. The number of urea groups is 1. The van der Waals surface area contributed by atoms with Gasteiger partial charge in [0.2, 0.25) is 0 Å². The number of carbonyl (C=O) groups is 1. The molecular formula is C21H23N5O2. The minimum atomic E-state index is -0.220. The molecule has 1 aliphatic carbocycles. The Morgan fingerprint density at radius 3 is 2.96 bits per heavy atom. The molecule has 3 heterocycles. The Morgan fingerprint density at radius 2 is 2.07 bits per heavy atom. The van der Waals surface area contributed by atoms with Crippen LogP contribution in [0.25, 0.3) is 10.8 Å². The second-order valence-corrected chi connectivity index (χ2v) is 7.60. The van der Waals surface area contributed by atoms with E-state index in [-0.39, 0.29) is 18.2 Å². The maximum absolute atomic E-state index is 12.6. The van der Waals surface area contributed by atoms with Crippen molar-refractivity contribution in [2.75, 3.05) is 11.9 Å². The molecule has 1 aliphatic heterocycles. The predicted molar refractivity (Wildman–Crippen MR) is 106 cm³/mol. The first-order valence-electron chi connectivity index (χ1n) is 9.81. The van der Waals surface area contributed by atoms with Gasteiger partial charge in [-0.2, -0.15) is 5.10 Å². The van der Waals surface area contributed by atoms with Gasteiger partial charge in [0.05, 0.1) is 11.7 Å². The van der Waals surface area contributed by atoms with Crippen molar-refractivity contribution in [2.24, 2.45) is 5.92 Å². The molecule has 1 saturated carbocycles. The maximum atomic E-state index is 12.6. The third-order valence-electron chi connectivity index (χ3n) is 5.48. The number of amides is 2. The summed E-state index contributed by atoms with van der Waals surface area (Å²) in [5.41, 5.74) is 1.80. The molecule has 2 N–H and O–H groups in total. The smallest absolute Gasteiger partial charge is 0.319 e. The Hall–Kier alpha value is -2.93. The zero-order valence-corrected chi connectivity index (χ0v) is 15.5. The molecule has 1 saturated heterocycles. The number of aromatic nitrogens is 3. The number of anilines is 1. The minimum Gasteiger partial charge on any atom is -0.370 e. The highest BCUT2D eigenvalue weighted by atomic mass is 16.5. The van der Waals surface area contributed by atoms with E-state index in [0.29, 0.717) is 6.61 Å². The van der Waals surface area contributed by atoms with Crippen molar-refractivity contribution < 1.29 is 9.53 Å². The van der Waals surface area contributed by atoms with Gasteiger partial charge in [0.15, 0.2) is 0 Å². The van der Waals surface area contributed by atoms with Gasteiger partial charge in [-0.15, -0.1) is 0 Å². The van der Waals surface area contributed by atoms with Crippen molar-refractivity contribution in [2.45, 2.75) is 38.0 Å². The van der Waals surface area contributed by atoms with Crippen LogP contribution >= 0.6 is 0 Å². The fraction of sp³-hybridized carbons (Fsp3) is 0.381. The molecule has 5 rings (SSSR count). The Morgan fingerprint density at radius 1 is 1.14 bits per heavy atom. The van der Waals surface area contributed by atoms with Gasteiger partial charge in [-0.25, -0.2) is 4.79 Å². The lowest BCUT2D eigenvalue weighted by atomic mass is 10.1. The highest BCUT2D eigenvalue weighted by molar-refractivity contribution is 5.93. The number of nitrogens with one attached hydrogen (secondary N) is 2. The quantitative estimate of drug-likeness (QED) is 0.713. The van der Waals surface area contributed by atoms with Gasteiger partial charge in [0, 0.05) is 42.8 Å². The van der Waals surface area contributed by atoms with Gasteiger partial charge in [-0.3, -0.25) is 9.67 Å². The summed E-state index contributed by atoms with van der Waals surface area (Å²) in [5, 5.41) is 12.6. The Bertz CT molecular complexity index is 997. The standard InChI is InChI=1S/C21H23N5O2/c27-21(24-17-4-3-16-12-22-8-5-15(16)11-17)25-18-7-10-28-20(18)19-6-9-23-26(19)13-14-1-2-14/h3-6,8-9,11-12,14,18,20H,1-2,7,10,13H2,(H2,24,25,27)/t18-,20-/m1/s1. The lowest BCUT2D eigenvalue weighted by Gasteiger charge is -2.21. The van der Waals surface area contributed by atoms with Crippen molar-refractivity contribution in [3.63, 3.8) is 0 Å². The van der Waals surface area contributed by atoms with E-state index in [4.69, 9.17) is 4.74 Å². The van der Waals surface area contributed by atoms with E-state index in [0.717, 1.165) is 41.0 Å². The van der Waals surface area contributed by atoms with Crippen LogP contribution in [-0.4, -0.2) is 33.4 Å². The van der Waals surface area contributed by atoms with Gasteiger partial charge in [-0.1, -0.05) is 6.07 Å². The molecule has 2 fully saturated rings. The van der Waals surface area contributed by atoms with Crippen LogP contribution in [0, 0.1) is 5.92 Å². The Labute approximate surface area is 163 Å². The molecule has 2 aromatic heterocycles. The van der Waals surface area contributed by atoms with E-state index >= 15 is 0 Å². The molecule has 144 valence electrons. The highest BCUT2D eigenvalue weighted by Gasteiger charge is 2.34. The summed E-state index contributed by atoms with van der Waals surface area (Å²) in [4.78, 5) is 16.7. The molecule has 0 spiro atoms. The first kappa shape index (κ1) is 17.2. The molecule has 2 aliphatic rings. The lowest BCUT2D eigenvalue weighted by molar-refractivity contribution is 0.0926. The summed E-state index contributed by atoms with van der Waals surface area (Å²) in [6.45, 7) is 1.57. The average molecular weight is 377 g/mol. The first-order valence-corrected chi connectivity index (χ1v) is 9.81. The topological polar surface area (TPSA) is 81.1 Å². The van der Waals surface area contributed by atoms with Crippen molar-refractivity contribution in [3.8, 4) is 0 Å². The molecule has 28 heavy (non-hydrogen) atoms. The normalized spacial score (nSPS) is 21.7. The number of pyridine rings is 1. The minimum absolute atomic E-state index is 0.0701. The number of nitrogens with zero attached hydrogens (tertiary/aromatic N) is 3. The molecule has 7 heteroatoms. The average Bonchev–Trinajstić information content (AvgIpc) is 3.20. The summed E-state index contributed by atoms with van der Waals surface area (Å²) in [7, 11) is 0. The molecule has 0 bridgehead atoms. The molecule has 2 atom stereocenters. The van der Waals surface area contributed by atoms with E-state index in [1.54, 1.807) is 6.20 Å². The molecule has 1 aromatic carbocycles. The number of fused-ring (bicyclic) bond motifs is 1. The van der Waals surface area contributed by atoms with E-state index < -0.39 is 0 Å². The molecule has 0 radical (unpaired) electrons. The van der Waals surface area contributed by atoms with Crippen LogP contribution in [0.1, 0.15) is 31.1 Å². The monoisotopic (exact) mass is 377 g/mol. The lowest BCUT2D eigenvalue weighted by Crippen LogP contribution is -2.40. The van der Waals surface area contributed by atoms with Crippen molar-refractivity contribution >= 4 is 22.5 Å². The van der Waals surface area contributed by atoms with Gasteiger partial charge in [-0.05, 0) is 54.8 Å². The van der Waals surface area contributed by atoms with Crippen LogP contribution in [-0.2, 0) is 11.3 Å². The fourth-order valence-electron chi connectivity index (χ4n) is 3.81. The molecule has 3 aromatic rings. The van der Waals surface area contributed by atoms with Gasteiger partial charge < -0.3 is 15.4 Å². The number of ether oxygens (including phenoxy) is 1. The summed E-state index contributed by atoms with van der Waals surface area (Å²) in [6.07, 6.45) is 8.56. The van der Waals surface area contributed by atoms with Crippen molar-refractivity contribution in [1.82, 2.24) is 20.1 Å². The largest absolute Gasteiger partial charge is 0.370 e. The molecule has 0 unspecified atom stereocenters. The maximum Gasteiger partial charge on any atom is 0.319 e. The van der Waals surface area contributed by atoms with Gasteiger partial charge in [0.25, 0.3) is 0 Å². The highest BCUT2D eigenvalue weighted by Crippen LogP contribution is 2.34. The zero-order valence-electron chi connectivity index (χ0n) is 15.5. The Balaban J connectivity index is 1.26. The third kappa shape index (κ3) is 3.57. The second-order valence-electron chi connectivity index (χ2n) is 7.60. The van der Waals surface area contributed by atoms with Crippen LogP contribution in [0.15, 0.2) is 48.9 Å². The van der Waals surface area contributed by atoms with E-state index in [1.165, 1.54) is 12.8 Å². The van der Waals surface area contributed by atoms with Crippen LogP contribution in [0.5, 0.6) is 0 Å². The zero-order chi connectivity index (χ0) is 18.9. The van der Waals surface area contributed by atoms with Crippen LogP contribution in [0.3, 0.4) is 0 Å². The van der Waals surface area contributed by atoms with Crippen molar-refractivity contribution in [1.29, 1.82) is 0 Å². The SMILES string of the molecule is O=C(Nc1ccc2cnccc2c1)N[C@@H]1CCO[C@H]1c1ccnn1CC1CC1. The number of carbonyl (C=O) groups excluding carboxylic acids is 1. The third-order valence-corrected chi connectivity index (χ3v) is 5.48. The summed E-state index contributed by atoms with van der Waals surface area (Å²) >= 11 is 0. The summed E-state index contributed by atoms with van der Waals surface area (Å²) in [5.74, 6) is 0.734. The molecule has 2 amide bonds. The fourth-order valence-corrected chi connectivity index (χ4v) is 3.81. The van der Waals surface area contributed by atoms with E-state index in [9.17, 15) is 4.79 Å². The van der Waals surface area contributed by atoms with Crippen molar-refractivity contribution in [3.05, 3.63) is 54.6 Å². The summed E-state index contributed by atoms with van der Waals surface area (Å²) < 4.78 is 7.99. The second kappa shape index (κ2) is 7.24. The van der Waals surface area contributed by atoms with Crippen LogP contribution < -0.4 is 10.6 Å². The Kier molecular flexibility index (Phi) is 4.44. The van der Waals surface area contributed by atoms with Gasteiger partial charge in [0.1, 0.15) is 6.10 Å². The number of benzene rings is 1.